The molecule has 1 aliphatic carbocycles. The van der Waals surface area contributed by atoms with E-state index in [4.69, 9.17) is 4.74 Å². The summed E-state index contributed by atoms with van der Waals surface area (Å²) < 4.78 is 5.40. The molecule has 2 atom stereocenters. The van der Waals surface area contributed by atoms with Gasteiger partial charge in [-0.3, -0.25) is 0 Å². The average molecular weight is 233 g/mol. The van der Waals surface area contributed by atoms with E-state index in [1.54, 1.807) is 0 Å². The van der Waals surface area contributed by atoms with Gasteiger partial charge in [0, 0.05) is 19.7 Å². The van der Waals surface area contributed by atoms with Crippen molar-refractivity contribution in [3.05, 3.63) is 35.4 Å². The molecule has 1 aliphatic rings. The van der Waals surface area contributed by atoms with Crippen LogP contribution in [0.5, 0.6) is 0 Å². The fourth-order valence-electron chi connectivity index (χ4n) is 2.67. The van der Waals surface area contributed by atoms with Crippen molar-refractivity contribution < 1.29 is 4.74 Å². The third kappa shape index (κ3) is 3.30. The molecule has 0 heterocycles. The third-order valence-corrected chi connectivity index (χ3v) is 3.80. The molecule has 94 valence electrons. The first-order chi connectivity index (χ1) is 8.33. The molecule has 1 fully saturated rings. The highest BCUT2D eigenvalue weighted by Crippen LogP contribution is 2.22. The summed E-state index contributed by atoms with van der Waals surface area (Å²) in [6.07, 6.45) is 5.18. The number of aryl methyl sites for hydroxylation is 1. The van der Waals surface area contributed by atoms with E-state index in [1.807, 2.05) is 7.11 Å². The van der Waals surface area contributed by atoms with Crippen LogP contribution in [0.25, 0.3) is 0 Å². The van der Waals surface area contributed by atoms with Gasteiger partial charge < -0.3 is 10.1 Å². The van der Waals surface area contributed by atoms with Crippen LogP contribution in [0, 0.1) is 0 Å². The molecular weight excluding hydrogens is 210 g/mol. The quantitative estimate of drug-likeness (QED) is 0.844. The van der Waals surface area contributed by atoms with E-state index in [-0.39, 0.29) is 0 Å². The number of hydrogen-bond acceptors (Lipinski definition) is 2. The molecule has 0 saturated heterocycles. The van der Waals surface area contributed by atoms with Gasteiger partial charge in [-0.2, -0.15) is 0 Å². The zero-order chi connectivity index (χ0) is 12.1. The summed E-state index contributed by atoms with van der Waals surface area (Å²) >= 11 is 0. The Labute approximate surface area is 104 Å². The van der Waals surface area contributed by atoms with E-state index in [2.05, 4.69) is 36.5 Å². The second-order valence-corrected chi connectivity index (χ2v) is 4.87. The smallest absolute Gasteiger partial charge is 0.0586 e. The Balaban J connectivity index is 1.85. The van der Waals surface area contributed by atoms with Crippen LogP contribution in [0.1, 0.15) is 37.3 Å². The zero-order valence-electron chi connectivity index (χ0n) is 10.9. The minimum atomic E-state index is 0.467. The van der Waals surface area contributed by atoms with E-state index in [0.717, 1.165) is 19.4 Å². The monoisotopic (exact) mass is 233 g/mol. The highest BCUT2D eigenvalue weighted by molar-refractivity contribution is 5.26. The summed E-state index contributed by atoms with van der Waals surface area (Å²) in [6, 6.07) is 9.34. The molecule has 0 spiro atoms. The maximum atomic E-state index is 5.40. The molecule has 2 heteroatoms. The molecule has 0 aliphatic heterocycles. The SMILES string of the molecule is CCc1ccccc1CNC1CCC(OC)C1. The van der Waals surface area contributed by atoms with Gasteiger partial charge in [-0.1, -0.05) is 31.2 Å². The molecule has 2 rings (SSSR count). The second kappa shape index (κ2) is 6.18. The van der Waals surface area contributed by atoms with Crippen molar-refractivity contribution in [1.82, 2.24) is 5.32 Å². The average Bonchev–Trinajstić information content (AvgIpc) is 2.84. The molecule has 1 N–H and O–H groups in total. The van der Waals surface area contributed by atoms with Crippen LogP contribution >= 0.6 is 0 Å². The summed E-state index contributed by atoms with van der Waals surface area (Å²) in [5, 5.41) is 3.66. The van der Waals surface area contributed by atoms with E-state index in [1.165, 1.54) is 24.0 Å². The maximum Gasteiger partial charge on any atom is 0.0586 e. The number of benzene rings is 1. The van der Waals surface area contributed by atoms with Gasteiger partial charge in [-0.05, 0) is 36.8 Å². The van der Waals surface area contributed by atoms with Gasteiger partial charge in [0.1, 0.15) is 0 Å². The van der Waals surface area contributed by atoms with Crippen molar-refractivity contribution in [2.24, 2.45) is 0 Å². The first-order valence-corrected chi connectivity index (χ1v) is 6.66. The largest absolute Gasteiger partial charge is 0.381 e. The number of rotatable bonds is 5. The van der Waals surface area contributed by atoms with Crippen LogP contribution in [0.3, 0.4) is 0 Å². The fourth-order valence-corrected chi connectivity index (χ4v) is 2.67. The summed E-state index contributed by atoms with van der Waals surface area (Å²) in [5.74, 6) is 0. The minimum Gasteiger partial charge on any atom is -0.381 e. The van der Waals surface area contributed by atoms with Crippen molar-refractivity contribution in [3.8, 4) is 0 Å². The molecule has 2 unspecified atom stereocenters. The van der Waals surface area contributed by atoms with Crippen LogP contribution in [0.2, 0.25) is 0 Å². The lowest BCUT2D eigenvalue weighted by Gasteiger charge is -2.14. The van der Waals surface area contributed by atoms with E-state index < -0.39 is 0 Å². The molecule has 2 nitrogen and oxygen atoms in total. The van der Waals surface area contributed by atoms with Crippen LogP contribution in [-0.2, 0) is 17.7 Å². The van der Waals surface area contributed by atoms with Gasteiger partial charge in [0.2, 0.25) is 0 Å². The number of hydrogen-bond donors (Lipinski definition) is 1. The standard InChI is InChI=1S/C15H23NO/c1-3-12-6-4-5-7-13(12)11-16-14-8-9-15(10-14)17-2/h4-7,14-16H,3,8-11H2,1-2H3. The third-order valence-electron chi connectivity index (χ3n) is 3.80. The number of methoxy groups -OCH3 is 1. The van der Waals surface area contributed by atoms with Crippen LogP contribution in [0.4, 0.5) is 0 Å². The Bertz CT molecular complexity index is 351. The summed E-state index contributed by atoms with van der Waals surface area (Å²) in [5.41, 5.74) is 2.90. The van der Waals surface area contributed by atoms with E-state index in [0.29, 0.717) is 12.1 Å². The zero-order valence-corrected chi connectivity index (χ0v) is 10.9. The molecule has 1 aromatic rings. The summed E-state index contributed by atoms with van der Waals surface area (Å²) in [7, 11) is 1.82. The Morgan fingerprint density at radius 2 is 2.00 bits per heavy atom. The van der Waals surface area contributed by atoms with Gasteiger partial charge >= 0.3 is 0 Å². The van der Waals surface area contributed by atoms with Gasteiger partial charge in [0.15, 0.2) is 0 Å². The summed E-state index contributed by atoms with van der Waals surface area (Å²) in [4.78, 5) is 0. The topological polar surface area (TPSA) is 21.3 Å². The predicted molar refractivity (Wildman–Crippen MR) is 71.1 cm³/mol. The molecule has 0 bridgehead atoms. The van der Waals surface area contributed by atoms with Crippen LogP contribution < -0.4 is 5.32 Å². The van der Waals surface area contributed by atoms with Crippen molar-refractivity contribution in [2.75, 3.05) is 7.11 Å². The summed E-state index contributed by atoms with van der Waals surface area (Å²) in [6.45, 7) is 3.21. The van der Waals surface area contributed by atoms with Crippen LogP contribution in [0.15, 0.2) is 24.3 Å². The van der Waals surface area contributed by atoms with Crippen molar-refractivity contribution in [2.45, 2.75) is 51.3 Å². The van der Waals surface area contributed by atoms with Gasteiger partial charge in [-0.15, -0.1) is 0 Å². The van der Waals surface area contributed by atoms with Gasteiger partial charge in [0.05, 0.1) is 6.10 Å². The highest BCUT2D eigenvalue weighted by Gasteiger charge is 2.23. The Morgan fingerprint density at radius 3 is 2.65 bits per heavy atom. The second-order valence-electron chi connectivity index (χ2n) is 4.87. The first-order valence-electron chi connectivity index (χ1n) is 6.66. The van der Waals surface area contributed by atoms with Gasteiger partial charge in [0.25, 0.3) is 0 Å². The molecule has 17 heavy (non-hydrogen) atoms. The first kappa shape index (κ1) is 12.6. The molecule has 0 radical (unpaired) electrons. The van der Waals surface area contributed by atoms with Crippen molar-refractivity contribution in [3.63, 3.8) is 0 Å². The van der Waals surface area contributed by atoms with Gasteiger partial charge in [-0.25, -0.2) is 0 Å². The molecule has 0 aromatic heterocycles. The normalized spacial score (nSPS) is 24.1. The van der Waals surface area contributed by atoms with E-state index >= 15 is 0 Å². The Hall–Kier alpha value is -0.860. The predicted octanol–water partition coefficient (Wildman–Crippen LogP) is 2.91. The van der Waals surface area contributed by atoms with Crippen LogP contribution in [-0.4, -0.2) is 19.3 Å². The Morgan fingerprint density at radius 1 is 1.24 bits per heavy atom. The lowest BCUT2D eigenvalue weighted by molar-refractivity contribution is 0.107. The molecule has 1 aromatic carbocycles. The minimum absolute atomic E-state index is 0.467. The molecular formula is C15H23NO. The molecule has 0 amide bonds. The highest BCUT2D eigenvalue weighted by atomic mass is 16.5. The lowest BCUT2D eigenvalue weighted by atomic mass is 10.1. The lowest BCUT2D eigenvalue weighted by Crippen LogP contribution is -2.27. The van der Waals surface area contributed by atoms with Crippen molar-refractivity contribution in [1.29, 1.82) is 0 Å². The van der Waals surface area contributed by atoms with E-state index in [9.17, 15) is 0 Å². The number of nitrogens with one attached hydrogen (secondary N) is 1. The number of ether oxygens (including phenoxy) is 1. The Kier molecular flexibility index (Phi) is 4.57. The fraction of sp³-hybridized carbons (Fsp3) is 0.600. The van der Waals surface area contributed by atoms with Crippen molar-refractivity contribution >= 4 is 0 Å². The maximum absolute atomic E-state index is 5.40. The molecule has 1 saturated carbocycles.